The lowest BCUT2D eigenvalue weighted by Gasteiger charge is -1.97. The first-order valence-corrected chi connectivity index (χ1v) is 10.8. The molecule has 1 aromatic carbocycles. The van der Waals surface area contributed by atoms with Crippen LogP contribution in [0.25, 0.3) is 57.5 Å². The Morgan fingerprint density at radius 1 is 0.676 bits per heavy atom. The van der Waals surface area contributed by atoms with Crippen molar-refractivity contribution in [1.29, 1.82) is 0 Å². The van der Waals surface area contributed by atoms with Gasteiger partial charge in [-0.25, -0.2) is 9.97 Å². The van der Waals surface area contributed by atoms with Gasteiger partial charge in [0.1, 0.15) is 0 Å². The Morgan fingerprint density at radius 3 is 1.91 bits per heavy atom. The highest BCUT2D eigenvalue weighted by atomic mass is 16.5. The van der Waals surface area contributed by atoms with Gasteiger partial charge in [0.2, 0.25) is 0 Å². The van der Waals surface area contributed by atoms with Gasteiger partial charge in [0.25, 0.3) is 6.47 Å². The first-order chi connectivity index (χ1) is 16.7. The Morgan fingerprint density at radius 2 is 1.26 bits per heavy atom. The third-order valence-electron chi connectivity index (χ3n) is 5.35. The van der Waals surface area contributed by atoms with E-state index in [9.17, 15) is 0 Å². The maximum atomic E-state index is 8.95. The number of carbonyl (C=O) groups is 1. The number of rotatable bonds is 2. The average molecular weight is 447 g/mol. The van der Waals surface area contributed by atoms with Crippen molar-refractivity contribution in [3.05, 3.63) is 95.6 Å². The van der Waals surface area contributed by atoms with Crippen molar-refractivity contribution in [2.45, 2.75) is 0 Å². The van der Waals surface area contributed by atoms with Crippen molar-refractivity contribution in [2.24, 2.45) is 0 Å². The molecule has 6 rings (SSSR count). The lowest BCUT2D eigenvalue weighted by atomic mass is 10.1. The van der Waals surface area contributed by atoms with Gasteiger partial charge in [-0.05, 0) is 72.3 Å². The van der Waals surface area contributed by atoms with Gasteiger partial charge in [-0.2, -0.15) is 0 Å². The molecule has 8 bridgehead atoms. The summed E-state index contributed by atoms with van der Waals surface area (Å²) in [4.78, 5) is 25.4. The smallest absolute Gasteiger partial charge is 0.292 e. The van der Waals surface area contributed by atoms with Crippen LogP contribution in [0.5, 0.6) is 0 Å². The van der Waals surface area contributed by atoms with Crippen LogP contribution in [0.4, 0.5) is 0 Å². The molecule has 2 aliphatic heterocycles. The molecular formula is C28H22N4O2. The Balaban J connectivity index is 0.000000560. The molecule has 5 heterocycles. The Labute approximate surface area is 196 Å². The van der Waals surface area contributed by atoms with Crippen LogP contribution < -0.4 is 0 Å². The van der Waals surface area contributed by atoms with Crippen molar-refractivity contribution < 1.29 is 9.53 Å². The quantitative estimate of drug-likeness (QED) is 0.314. The SMILES string of the molecule is C1=Cc2cc3ccc(cc4cc(-c5ccccc5)c(cc5nc(cc1n2)C=C5)[nH]4)[nH]3.COC=O. The summed E-state index contributed by atoms with van der Waals surface area (Å²) in [5.74, 6) is 0. The van der Waals surface area contributed by atoms with E-state index >= 15 is 0 Å². The Bertz CT molecular complexity index is 1560. The maximum Gasteiger partial charge on any atom is 0.292 e. The lowest BCUT2D eigenvalue weighted by molar-refractivity contribution is -0.126. The van der Waals surface area contributed by atoms with Gasteiger partial charge in [0, 0.05) is 27.6 Å². The van der Waals surface area contributed by atoms with Gasteiger partial charge in [0.05, 0.1) is 29.9 Å². The zero-order valence-corrected chi connectivity index (χ0v) is 18.5. The largest absolute Gasteiger partial charge is 0.471 e. The number of hydrogen-bond acceptors (Lipinski definition) is 4. The first-order valence-electron chi connectivity index (χ1n) is 10.8. The van der Waals surface area contributed by atoms with Crippen LogP contribution >= 0.6 is 0 Å². The number of nitrogens with one attached hydrogen (secondary N) is 2. The number of hydrogen-bond donors (Lipinski definition) is 2. The molecule has 0 fully saturated rings. The van der Waals surface area contributed by atoms with Gasteiger partial charge in [-0.15, -0.1) is 0 Å². The first kappa shape index (κ1) is 21.2. The summed E-state index contributed by atoms with van der Waals surface area (Å²) >= 11 is 0. The van der Waals surface area contributed by atoms with E-state index in [0.29, 0.717) is 6.47 Å². The van der Waals surface area contributed by atoms with E-state index in [1.807, 2.05) is 42.5 Å². The molecule has 0 saturated heterocycles. The Kier molecular flexibility index (Phi) is 5.86. The van der Waals surface area contributed by atoms with E-state index in [0.717, 1.165) is 50.4 Å². The fourth-order valence-corrected chi connectivity index (χ4v) is 3.87. The lowest BCUT2D eigenvalue weighted by Crippen LogP contribution is -1.78. The molecule has 0 aliphatic carbocycles. The minimum absolute atomic E-state index is 0.375. The van der Waals surface area contributed by atoms with E-state index in [-0.39, 0.29) is 0 Å². The summed E-state index contributed by atoms with van der Waals surface area (Å²) in [6, 6.07) is 25.0. The van der Waals surface area contributed by atoms with E-state index in [1.54, 1.807) is 0 Å². The summed E-state index contributed by atoms with van der Waals surface area (Å²) in [6.45, 7) is 0.375. The standard InChI is InChI=1S/C26H18N4.C2H4O2/c1-2-4-17(5-3-1)25-15-24-14-22-9-8-20(28-22)12-18-6-7-19(27-18)13-21-10-11-23(29-21)16-26(25)30-24;1-4-2-3/h1-16,28,30H;2H,1H3. The second-order valence-electron chi connectivity index (χ2n) is 7.79. The van der Waals surface area contributed by atoms with Gasteiger partial charge in [-0.3, -0.25) is 4.79 Å². The topological polar surface area (TPSA) is 83.7 Å². The van der Waals surface area contributed by atoms with Gasteiger partial charge >= 0.3 is 0 Å². The number of carbonyl (C=O) groups excluding carboxylic acids is 1. The van der Waals surface area contributed by atoms with E-state index < -0.39 is 0 Å². The maximum absolute atomic E-state index is 8.95. The number of nitrogens with zero attached hydrogens (tertiary/aromatic N) is 2. The molecule has 0 atom stereocenters. The second kappa shape index (κ2) is 9.42. The normalized spacial score (nSPS) is 11.6. The number of H-pyrrole nitrogens is 2. The Hall–Kier alpha value is -4.71. The monoisotopic (exact) mass is 446 g/mol. The van der Waals surface area contributed by atoms with E-state index in [4.69, 9.17) is 9.78 Å². The van der Waals surface area contributed by atoms with Crippen molar-refractivity contribution in [3.8, 4) is 11.1 Å². The number of ether oxygens (including phenoxy) is 1. The van der Waals surface area contributed by atoms with Crippen LogP contribution in [0.15, 0.2) is 72.8 Å². The zero-order valence-electron chi connectivity index (χ0n) is 18.5. The predicted octanol–water partition coefficient (Wildman–Crippen LogP) is 6.11. The fourth-order valence-electron chi connectivity index (χ4n) is 3.87. The molecule has 34 heavy (non-hydrogen) atoms. The average Bonchev–Trinajstić information content (AvgIpc) is 3.65. The summed E-state index contributed by atoms with van der Waals surface area (Å²) in [7, 11) is 1.31. The third kappa shape index (κ3) is 4.71. The number of aromatic nitrogens is 4. The number of benzene rings is 1. The van der Waals surface area contributed by atoms with E-state index in [1.165, 1.54) is 12.7 Å². The molecule has 166 valence electrons. The summed E-state index contributed by atoms with van der Waals surface area (Å²) < 4.78 is 3.86. The highest BCUT2D eigenvalue weighted by Crippen LogP contribution is 2.27. The van der Waals surface area contributed by atoms with Crippen LogP contribution in [-0.4, -0.2) is 33.5 Å². The molecule has 0 amide bonds. The second-order valence-corrected chi connectivity index (χ2v) is 7.79. The number of methoxy groups -OCH3 is 1. The fraction of sp³-hybridized carbons (Fsp3) is 0.0357. The van der Waals surface area contributed by atoms with Crippen LogP contribution in [0.1, 0.15) is 22.8 Å². The van der Waals surface area contributed by atoms with Gasteiger partial charge in [0.15, 0.2) is 0 Å². The zero-order chi connectivity index (χ0) is 23.3. The summed E-state index contributed by atoms with van der Waals surface area (Å²) in [5, 5.41) is 0. The molecular weight excluding hydrogens is 424 g/mol. The minimum atomic E-state index is 0.375. The highest BCUT2D eigenvalue weighted by molar-refractivity contribution is 5.87. The van der Waals surface area contributed by atoms with Crippen molar-refractivity contribution in [1.82, 2.24) is 19.9 Å². The molecule has 4 aromatic rings. The van der Waals surface area contributed by atoms with Crippen LogP contribution in [0, 0.1) is 0 Å². The third-order valence-corrected chi connectivity index (χ3v) is 5.35. The van der Waals surface area contributed by atoms with Crippen LogP contribution in [0.3, 0.4) is 0 Å². The van der Waals surface area contributed by atoms with Crippen LogP contribution in [-0.2, 0) is 9.53 Å². The summed E-state index contributed by atoms with van der Waals surface area (Å²) in [6.07, 6.45) is 8.10. The summed E-state index contributed by atoms with van der Waals surface area (Å²) in [5.41, 5.74) is 10.1. The van der Waals surface area contributed by atoms with Crippen molar-refractivity contribution in [2.75, 3.05) is 7.11 Å². The molecule has 2 aliphatic rings. The predicted molar refractivity (Wildman–Crippen MR) is 137 cm³/mol. The van der Waals surface area contributed by atoms with Gasteiger partial charge in [-0.1, -0.05) is 30.3 Å². The molecule has 0 radical (unpaired) electrons. The highest BCUT2D eigenvalue weighted by Gasteiger charge is 2.06. The van der Waals surface area contributed by atoms with Crippen molar-refractivity contribution >= 4 is 52.8 Å². The number of aromatic amines is 2. The van der Waals surface area contributed by atoms with Gasteiger partial charge < -0.3 is 14.7 Å². The molecule has 6 heteroatoms. The van der Waals surface area contributed by atoms with Crippen LogP contribution in [0.2, 0.25) is 0 Å². The van der Waals surface area contributed by atoms with E-state index in [2.05, 4.69) is 74.3 Å². The number of fused-ring (bicyclic) bond motifs is 8. The molecule has 0 spiro atoms. The molecule has 3 aromatic heterocycles. The minimum Gasteiger partial charge on any atom is -0.471 e. The molecule has 0 unspecified atom stereocenters. The molecule has 0 saturated carbocycles. The molecule has 6 nitrogen and oxygen atoms in total. The van der Waals surface area contributed by atoms with Crippen molar-refractivity contribution in [3.63, 3.8) is 0 Å². The molecule has 2 N–H and O–H groups in total.